The average molecular weight is 396 g/mol. The molecule has 0 aliphatic carbocycles. The Labute approximate surface area is 172 Å². The van der Waals surface area contributed by atoms with Gasteiger partial charge < -0.3 is 19.9 Å². The Morgan fingerprint density at radius 1 is 1.14 bits per heavy atom. The number of fused-ring (bicyclic) bond motifs is 1. The number of carbonyl (C=O) groups is 2. The molecule has 0 saturated heterocycles. The molecule has 154 valence electrons. The van der Waals surface area contributed by atoms with Crippen LogP contribution in [-0.2, 0) is 16.0 Å². The molecule has 0 radical (unpaired) electrons. The van der Waals surface area contributed by atoms with Gasteiger partial charge in [-0.3, -0.25) is 9.59 Å². The topological polar surface area (TPSA) is 61.9 Å². The summed E-state index contributed by atoms with van der Waals surface area (Å²) in [6.45, 7) is 4.61. The molecule has 0 fully saturated rings. The van der Waals surface area contributed by atoms with Crippen LogP contribution in [0.4, 0.5) is 5.69 Å². The van der Waals surface area contributed by atoms with Gasteiger partial charge in [-0.2, -0.15) is 0 Å². The van der Waals surface area contributed by atoms with Crippen molar-refractivity contribution in [3.8, 4) is 5.75 Å². The highest BCUT2D eigenvalue weighted by atomic mass is 16.5. The first-order chi connectivity index (χ1) is 14.1. The number of hydrogen-bond donors (Lipinski definition) is 1. The largest absolute Gasteiger partial charge is 0.485 e. The summed E-state index contributed by atoms with van der Waals surface area (Å²) in [4.78, 5) is 28.4. The number of hydrogen-bond acceptors (Lipinski definition) is 4. The third-order valence-corrected chi connectivity index (χ3v) is 5.08. The summed E-state index contributed by atoms with van der Waals surface area (Å²) < 4.78 is 6.09. The predicted octanol–water partition coefficient (Wildman–Crippen LogP) is 2.48. The van der Waals surface area contributed by atoms with Crippen LogP contribution in [0, 0.1) is 0 Å². The molecule has 1 unspecified atom stereocenters. The number of carbonyl (C=O) groups excluding carboxylic acids is 2. The summed E-state index contributed by atoms with van der Waals surface area (Å²) in [5, 5.41) is 2.82. The Kier molecular flexibility index (Phi) is 7.11. The normalized spacial score (nSPS) is 15.2. The van der Waals surface area contributed by atoms with Crippen LogP contribution in [0.15, 0.2) is 54.6 Å². The van der Waals surface area contributed by atoms with E-state index in [4.69, 9.17) is 4.74 Å². The maximum absolute atomic E-state index is 12.5. The predicted molar refractivity (Wildman–Crippen MR) is 114 cm³/mol. The number of likely N-dealkylation sites (N-methyl/N-ethyl adjacent to an activating group) is 2. The first kappa shape index (κ1) is 20.7. The number of amides is 2. The van der Waals surface area contributed by atoms with Gasteiger partial charge in [-0.05, 0) is 24.6 Å². The van der Waals surface area contributed by atoms with Crippen LogP contribution in [0.25, 0.3) is 0 Å². The van der Waals surface area contributed by atoms with Gasteiger partial charge in [-0.1, -0.05) is 42.5 Å². The molecule has 0 spiro atoms. The number of benzene rings is 2. The number of nitrogens with zero attached hydrogens (tertiary/aromatic N) is 2. The van der Waals surface area contributed by atoms with Crippen molar-refractivity contribution in [2.75, 3.05) is 38.1 Å². The third kappa shape index (κ3) is 5.73. The Morgan fingerprint density at radius 3 is 2.62 bits per heavy atom. The van der Waals surface area contributed by atoms with Gasteiger partial charge in [0.25, 0.3) is 0 Å². The van der Waals surface area contributed by atoms with E-state index in [9.17, 15) is 9.59 Å². The SMILES string of the molecule is CCN1CC(CN(C)C(=O)CCNC(=O)Cc2ccccc2)Oc2ccccc21. The van der Waals surface area contributed by atoms with E-state index in [1.807, 2.05) is 48.5 Å². The first-order valence-electron chi connectivity index (χ1n) is 10.1. The molecular weight excluding hydrogens is 366 g/mol. The molecule has 1 N–H and O–H groups in total. The van der Waals surface area contributed by atoms with Gasteiger partial charge in [0.05, 0.1) is 25.2 Å². The summed E-state index contributed by atoms with van der Waals surface area (Å²) in [7, 11) is 1.79. The first-order valence-corrected chi connectivity index (χ1v) is 10.1. The van der Waals surface area contributed by atoms with Crippen LogP contribution in [0.3, 0.4) is 0 Å². The highest BCUT2D eigenvalue weighted by molar-refractivity contribution is 5.80. The summed E-state index contributed by atoms with van der Waals surface area (Å²) in [6.07, 6.45) is 0.525. The molecule has 2 aromatic carbocycles. The Balaban J connectivity index is 1.43. The standard InChI is InChI=1S/C23H29N3O3/c1-3-26-17-19(29-21-12-8-7-11-20(21)26)16-25(2)23(28)13-14-24-22(27)15-18-9-5-4-6-10-18/h4-12,19H,3,13-17H2,1-2H3,(H,24,27). The molecule has 6 heteroatoms. The number of ether oxygens (including phenoxy) is 1. The van der Waals surface area contributed by atoms with Crippen LogP contribution in [0.2, 0.25) is 0 Å². The Morgan fingerprint density at radius 2 is 1.86 bits per heavy atom. The van der Waals surface area contributed by atoms with Gasteiger partial charge in [-0.25, -0.2) is 0 Å². The van der Waals surface area contributed by atoms with Crippen LogP contribution < -0.4 is 15.0 Å². The smallest absolute Gasteiger partial charge is 0.224 e. The molecule has 0 bridgehead atoms. The fourth-order valence-electron chi connectivity index (χ4n) is 3.52. The van der Waals surface area contributed by atoms with Crippen molar-refractivity contribution >= 4 is 17.5 Å². The zero-order valence-electron chi connectivity index (χ0n) is 17.1. The van der Waals surface area contributed by atoms with Gasteiger partial charge in [0, 0.05) is 26.6 Å². The lowest BCUT2D eigenvalue weighted by molar-refractivity contribution is -0.131. The van der Waals surface area contributed by atoms with E-state index in [1.165, 1.54) is 0 Å². The Bertz CT molecular complexity index is 825. The highest BCUT2D eigenvalue weighted by Gasteiger charge is 2.26. The van der Waals surface area contributed by atoms with Crippen molar-refractivity contribution in [1.29, 1.82) is 0 Å². The average Bonchev–Trinajstić information content (AvgIpc) is 2.73. The number of rotatable bonds is 8. The molecule has 1 heterocycles. The number of para-hydroxylation sites is 2. The van der Waals surface area contributed by atoms with E-state index in [0.29, 0.717) is 19.5 Å². The van der Waals surface area contributed by atoms with E-state index < -0.39 is 0 Å². The fourth-order valence-corrected chi connectivity index (χ4v) is 3.52. The zero-order valence-corrected chi connectivity index (χ0v) is 17.1. The molecule has 1 aliphatic heterocycles. The second kappa shape index (κ2) is 9.96. The minimum absolute atomic E-state index is 0.00415. The van der Waals surface area contributed by atoms with Gasteiger partial charge in [-0.15, -0.1) is 0 Å². The van der Waals surface area contributed by atoms with Crippen LogP contribution in [0.5, 0.6) is 5.75 Å². The summed E-state index contributed by atoms with van der Waals surface area (Å²) in [5.41, 5.74) is 2.06. The molecule has 0 saturated carbocycles. The molecule has 29 heavy (non-hydrogen) atoms. The second-order valence-electron chi connectivity index (χ2n) is 7.28. The van der Waals surface area contributed by atoms with Crippen molar-refractivity contribution in [1.82, 2.24) is 10.2 Å². The second-order valence-corrected chi connectivity index (χ2v) is 7.28. The van der Waals surface area contributed by atoms with E-state index in [1.54, 1.807) is 11.9 Å². The highest BCUT2D eigenvalue weighted by Crippen LogP contribution is 2.32. The van der Waals surface area contributed by atoms with Gasteiger partial charge >= 0.3 is 0 Å². The van der Waals surface area contributed by atoms with Crippen molar-refractivity contribution < 1.29 is 14.3 Å². The minimum atomic E-state index is -0.0773. The van der Waals surface area contributed by atoms with Crippen LogP contribution in [-0.4, -0.2) is 56.0 Å². The minimum Gasteiger partial charge on any atom is -0.485 e. The number of nitrogens with one attached hydrogen (secondary N) is 1. The molecule has 6 nitrogen and oxygen atoms in total. The van der Waals surface area contributed by atoms with Gasteiger partial charge in [0.1, 0.15) is 11.9 Å². The lowest BCUT2D eigenvalue weighted by Crippen LogP contribution is -2.47. The molecule has 1 atom stereocenters. The zero-order chi connectivity index (χ0) is 20.6. The lowest BCUT2D eigenvalue weighted by atomic mass is 10.1. The quantitative estimate of drug-likeness (QED) is 0.746. The van der Waals surface area contributed by atoms with Crippen molar-refractivity contribution in [3.05, 3.63) is 60.2 Å². The molecule has 1 aliphatic rings. The van der Waals surface area contributed by atoms with E-state index >= 15 is 0 Å². The monoisotopic (exact) mass is 395 g/mol. The summed E-state index contributed by atoms with van der Waals surface area (Å²) >= 11 is 0. The summed E-state index contributed by atoms with van der Waals surface area (Å²) in [5.74, 6) is 0.785. The van der Waals surface area contributed by atoms with E-state index in [0.717, 1.165) is 30.1 Å². The molecule has 2 amide bonds. The molecule has 2 aromatic rings. The Hall–Kier alpha value is -3.02. The van der Waals surface area contributed by atoms with Crippen molar-refractivity contribution in [2.45, 2.75) is 25.9 Å². The maximum Gasteiger partial charge on any atom is 0.224 e. The molecule has 3 rings (SSSR count). The van der Waals surface area contributed by atoms with E-state index in [2.05, 4.69) is 23.2 Å². The third-order valence-electron chi connectivity index (χ3n) is 5.08. The van der Waals surface area contributed by atoms with Crippen LogP contribution in [0.1, 0.15) is 18.9 Å². The van der Waals surface area contributed by atoms with Crippen molar-refractivity contribution in [2.24, 2.45) is 0 Å². The van der Waals surface area contributed by atoms with E-state index in [-0.39, 0.29) is 24.3 Å². The van der Waals surface area contributed by atoms with Crippen LogP contribution >= 0.6 is 0 Å². The molecular formula is C23H29N3O3. The fraction of sp³-hybridized carbons (Fsp3) is 0.391. The van der Waals surface area contributed by atoms with Gasteiger partial charge in [0.15, 0.2) is 0 Å². The summed E-state index contributed by atoms with van der Waals surface area (Å²) in [6, 6.07) is 17.6. The van der Waals surface area contributed by atoms with Gasteiger partial charge in [0.2, 0.25) is 11.8 Å². The lowest BCUT2D eigenvalue weighted by Gasteiger charge is -2.37. The van der Waals surface area contributed by atoms with Crippen molar-refractivity contribution in [3.63, 3.8) is 0 Å². The number of anilines is 1. The maximum atomic E-state index is 12.5. The molecule has 0 aromatic heterocycles.